The molecule has 4 rings (SSSR count). The van der Waals surface area contributed by atoms with Crippen LogP contribution in [0, 0.1) is 10.1 Å². The third-order valence-corrected chi connectivity index (χ3v) is 4.95. The Bertz CT molecular complexity index is 1180. The normalized spacial score (nSPS) is 10.9. The molecule has 4 aromatic rings. The van der Waals surface area contributed by atoms with Gasteiger partial charge in [0.05, 0.1) is 20.7 Å². The summed E-state index contributed by atoms with van der Waals surface area (Å²) in [5, 5.41) is 14.8. The molecule has 2 heterocycles. The van der Waals surface area contributed by atoms with Crippen molar-refractivity contribution in [3.05, 3.63) is 75.5 Å². The quantitative estimate of drug-likeness (QED) is 0.367. The van der Waals surface area contributed by atoms with Crippen molar-refractivity contribution in [3.8, 4) is 11.3 Å². The highest BCUT2D eigenvalue weighted by molar-refractivity contribution is 7.22. The van der Waals surface area contributed by atoms with Crippen LogP contribution in [0.4, 0.5) is 10.8 Å². The highest BCUT2D eigenvalue weighted by Crippen LogP contribution is 2.32. The van der Waals surface area contributed by atoms with Gasteiger partial charge in [-0.15, -0.1) is 0 Å². The van der Waals surface area contributed by atoms with E-state index in [-0.39, 0.29) is 17.2 Å². The van der Waals surface area contributed by atoms with Crippen LogP contribution in [0.1, 0.15) is 10.6 Å². The maximum absolute atomic E-state index is 12.4. The molecule has 0 radical (unpaired) electrons. The Morgan fingerprint density at radius 3 is 2.81 bits per heavy atom. The number of nitro benzene ring substituents is 1. The molecule has 2 aromatic heterocycles. The number of hydrogen-bond acceptors (Lipinski definition) is 6. The molecular formula is C18H10ClN3O4S. The van der Waals surface area contributed by atoms with Crippen LogP contribution in [-0.4, -0.2) is 15.8 Å². The van der Waals surface area contributed by atoms with Crippen molar-refractivity contribution in [2.24, 2.45) is 0 Å². The number of nitrogens with one attached hydrogen (secondary N) is 1. The Hall–Kier alpha value is -3.23. The van der Waals surface area contributed by atoms with Crippen molar-refractivity contribution in [1.82, 2.24) is 4.98 Å². The second kappa shape index (κ2) is 6.82. The Kier molecular flexibility index (Phi) is 4.35. The molecule has 0 saturated heterocycles. The minimum atomic E-state index is -0.496. The van der Waals surface area contributed by atoms with Gasteiger partial charge < -0.3 is 4.42 Å². The number of furan rings is 1. The van der Waals surface area contributed by atoms with E-state index in [1.165, 1.54) is 29.5 Å². The fraction of sp³-hybridized carbons (Fsp3) is 0. The largest absolute Gasteiger partial charge is 0.451 e. The Labute approximate surface area is 161 Å². The fourth-order valence-corrected chi connectivity index (χ4v) is 3.57. The Balaban J connectivity index is 1.59. The highest BCUT2D eigenvalue weighted by Gasteiger charge is 2.20. The van der Waals surface area contributed by atoms with Crippen molar-refractivity contribution in [2.75, 3.05) is 5.32 Å². The van der Waals surface area contributed by atoms with E-state index in [9.17, 15) is 14.9 Å². The molecule has 0 spiro atoms. The van der Waals surface area contributed by atoms with Crippen LogP contribution in [0.2, 0.25) is 5.02 Å². The van der Waals surface area contributed by atoms with E-state index >= 15 is 0 Å². The van der Waals surface area contributed by atoms with Gasteiger partial charge in [-0.25, -0.2) is 4.98 Å². The van der Waals surface area contributed by atoms with Crippen molar-refractivity contribution < 1.29 is 14.1 Å². The van der Waals surface area contributed by atoms with Gasteiger partial charge in [0.2, 0.25) is 0 Å². The summed E-state index contributed by atoms with van der Waals surface area (Å²) < 4.78 is 6.41. The van der Waals surface area contributed by atoms with E-state index in [0.717, 1.165) is 4.70 Å². The second-order valence-corrected chi connectivity index (χ2v) is 6.99. The summed E-state index contributed by atoms with van der Waals surface area (Å²) in [6.07, 6.45) is 0. The van der Waals surface area contributed by atoms with Gasteiger partial charge in [-0.1, -0.05) is 35.1 Å². The molecule has 7 nitrogen and oxygen atoms in total. The van der Waals surface area contributed by atoms with Gasteiger partial charge >= 0.3 is 0 Å². The predicted octanol–water partition coefficient (Wildman–Crippen LogP) is 5.37. The molecule has 2 aromatic carbocycles. The number of anilines is 1. The number of nitrogens with zero attached hydrogens (tertiary/aromatic N) is 2. The van der Waals surface area contributed by atoms with Gasteiger partial charge in [0.25, 0.3) is 11.6 Å². The van der Waals surface area contributed by atoms with E-state index in [1.54, 1.807) is 30.3 Å². The van der Waals surface area contributed by atoms with Crippen LogP contribution in [0.15, 0.2) is 59.0 Å². The number of halogens is 1. The summed E-state index contributed by atoms with van der Waals surface area (Å²) in [6.45, 7) is 0. The third kappa shape index (κ3) is 3.40. The molecule has 0 fully saturated rings. The molecule has 0 aliphatic carbocycles. The first-order chi connectivity index (χ1) is 13.0. The van der Waals surface area contributed by atoms with E-state index in [4.69, 9.17) is 16.0 Å². The SMILES string of the molecule is O=C(Nc1nc2cc(Cl)ccc2s1)c1ccc(-c2ccccc2[N+](=O)[O-])o1. The van der Waals surface area contributed by atoms with Crippen molar-refractivity contribution in [1.29, 1.82) is 0 Å². The van der Waals surface area contributed by atoms with Crippen LogP contribution >= 0.6 is 22.9 Å². The van der Waals surface area contributed by atoms with Crippen LogP contribution in [0.5, 0.6) is 0 Å². The van der Waals surface area contributed by atoms with E-state index in [2.05, 4.69) is 10.3 Å². The van der Waals surface area contributed by atoms with Gasteiger partial charge in [0, 0.05) is 11.1 Å². The van der Waals surface area contributed by atoms with Crippen LogP contribution in [-0.2, 0) is 0 Å². The monoisotopic (exact) mass is 399 g/mol. The van der Waals surface area contributed by atoms with Gasteiger partial charge in [-0.3, -0.25) is 20.2 Å². The lowest BCUT2D eigenvalue weighted by molar-refractivity contribution is -0.384. The zero-order chi connectivity index (χ0) is 19.0. The van der Waals surface area contributed by atoms with Crippen LogP contribution in [0.3, 0.4) is 0 Å². The summed E-state index contributed by atoms with van der Waals surface area (Å²) in [4.78, 5) is 27.4. The first-order valence-corrected chi connectivity index (χ1v) is 8.92. The fourth-order valence-electron chi connectivity index (χ4n) is 2.56. The van der Waals surface area contributed by atoms with E-state index < -0.39 is 10.8 Å². The molecule has 0 unspecified atom stereocenters. The molecule has 9 heteroatoms. The summed E-state index contributed by atoms with van der Waals surface area (Å²) in [7, 11) is 0. The smallest absolute Gasteiger partial charge is 0.293 e. The summed E-state index contributed by atoms with van der Waals surface area (Å²) in [5.41, 5.74) is 0.890. The minimum Gasteiger partial charge on any atom is -0.451 e. The standard InChI is InChI=1S/C18H10ClN3O4S/c19-10-5-8-16-12(9-10)20-18(27-16)21-17(23)15-7-6-14(26-15)11-3-1-2-4-13(11)22(24)25/h1-9H,(H,20,21,23). The molecule has 1 amide bonds. The molecule has 134 valence electrons. The van der Waals surface area contributed by atoms with E-state index in [0.29, 0.717) is 21.2 Å². The van der Waals surface area contributed by atoms with Gasteiger partial charge in [-0.05, 0) is 36.4 Å². The lowest BCUT2D eigenvalue weighted by Crippen LogP contribution is -2.10. The average molecular weight is 400 g/mol. The number of para-hydroxylation sites is 1. The number of benzene rings is 2. The number of thiazole rings is 1. The molecule has 1 N–H and O–H groups in total. The van der Waals surface area contributed by atoms with Gasteiger partial charge in [0.15, 0.2) is 10.9 Å². The van der Waals surface area contributed by atoms with Gasteiger partial charge in [0.1, 0.15) is 5.76 Å². The number of amides is 1. The molecule has 0 bridgehead atoms. The average Bonchev–Trinajstić information content (AvgIpc) is 3.28. The minimum absolute atomic E-state index is 0.0282. The number of hydrogen-bond donors (Lipinski definition) is 1. The first kappa shape index (κ1) is 17.2. The van der Waals surface area contributed by atoms with Crippen LogP contribution < -0.4 is 5.32 Å². The lowest BCUT2D eigenvalue weighted by atomic mass is 10.1. The number of fused-ring (bicyclic) bond motifs is 1. The number of rotatable bonds is 4. The summed E-state index contributed by atoms with van der Waals surface area (Å²) >= 11 is 7.25. The molecular weight excluding hydrogens is 390 g/mol. The predicted molar refractivity (Wildman–Crippen MR) is 103 cm³/mol. The number of nitro groups is 1. The number of carbonyl (C=O) groups is 1. The molecule has 0 aliphatic rings. The molecule has 0 aliphatic heterocycles. The van der Waals surface area contributed by atoms with Crippen molar-refractivity contribution >= 4 is 49.9 Å². The Morgan fingerprint density at radius 1 is 1.19 bits per heavy atom. The third-order valence-electron chi connectivity index (χ3n) is 3.77. The second-order valence-electron chi connectivity index (χ2n) is 5.52. The van der Waals surface area contributed by atoms with Gasteiger partial charge in [-0.2, -0.15) is 0 Å². The maximum Gasteiger partial charge on any atom is 0.293 e. The lowest BCUT2D eigenvalue weighted by Gasteiger charge is -2.00. The summed E-state index contributed by atoms with van der Waals surface area (Å²) in [5.74, 6) is -0.228. The van der Waals surface area contributed by atoms with E-state index in [1.807, 2.05) is 6.07 Å². The highest BCUT2D eigenvalue weighted by atomic mass is 35.5. The Morgan fingerprint density at radius 2 is 2.00 bits per heavy atom. The summed E-state index contributed by atoms with van der Waals surface area (Å²) in [6, 6.07) is 14.4. The molecule has 0 saturated carbocycles. The number of aromatic nitrogens is 1. The number of carbonyl (C=O) groups excluding carboxylic acids is 1. The van der Waals surface area contributed by atoms with Crippen LogP contribution in [0.25, 0.3) is 21.5 Å². The van der Waals surface area contributed by atoms with Crippen molar-refractivity contribution in [3.63, 3.8) is 0 Å². The topological polar surface area (TPSA) is 98.3 Å². The van der Waals surface area contributed by atoms with Crippen molar-refractivity contribution in [2.45, 2.75) is 0 Å². The zero-order valence-corrected chi connectivity index (χ0v) is 15.1. The zero-order valence-electron chi connectivity index (χ0n) is 13.5. The maximum atomic E-state index is 12.4. The first-order valence-electron chi connectivity index (χ1n) is 7.72. The molecule has 0 atom stereocenters. The molecule has 27 heavy (non-hydrogen) atoms.